The Labute approximate surface area is 233 Å². The van der Waals surface area contributed by atoms with Crippen molar-refractivity contribution in [2.45, 2.75) is 104 Å². The predicted molar refractivity (Wildman–Crippen MR) is 152 cm³/mol. The fourth-order valence-corrected chi connectivity index (χ4v) is 3.70. The van der Waals surface area contributed by atoms with Crippen LogP contribution >= 0.6 is 0 Å². The summed E-state index contributed by atoms with van der Waals surface area (Å²) in [5.74, 6) is -0.129. The molecular weight excluding hydrogens is 488 g/mol. The summed E-state index contributed by atoms with van der Waals surface area (Å²) in [7, 11) is 0. The molecule has 0 aromatic carbocycles. The smallest absolute Gasteiger partial charge is 0.305 e. The Morgan fingerprint density at radius 3 is 1.11 bits per heavy atom. The summed E-state index contributed by atoms with van der Waals surface area (Å²) in [6.45, 7) is 11.5. The van der Waals surface area contributed by atoms with E-state index in [0.717, 1.165) is 25.9 Å². The van der Waals surface area contributed by atoms with E-state index in [4.69, 9.17) is 33.2 Å². The zero-order valence-electron chi connectivity index (χ0n) is 24.9. The first-order valence-corrected chi connectivity index (χ1v) is 15.4. The topological polar surface area (TPSA) is 81.7 Å². The molecule has 0 fully saturated rings. The average molecular weight is 549 g/mol. The first-order chi connectivity index (χ1) is 18.8. The molecule has 0 radical (unpaired) electrons. The van der Waals surface area contributed by atoms with Crippen molar-refractivity contribution in [3.8, 4) is 0 Å². The van der Waals surface area contributed by atoms with Crippen LogP contribution in [0.5, 0.6) is 0 Å². The highest BCUT2D eigenvalue weighted by atomic mass is 16.6. The van der Waals surface area contributed by atoms with Crippen molar-refractivity contribution in [1.29, 1.82) is 0 Å². The lowest BCUT2D eigenvalue weighted by molar-refractivity contribution is -0.145. The highest BCUT2D eigenvalue weighted by molar-refractivity contribution is 5.69. The van der Waals surface area contributed by atoms with Crippen LogP contribution in [0.3, 0.4) is 0 Å². The van der Waals surface area contributed by atoms with E-state index in [-0.39, 0.29) is 5.97 Å². The summed E-state index contributed by atoms with van der Waals surface area (Å²) < 4.78 is 38.1. The normalized spacial score (nSPS) is 11.3. The molecule has 0 aliphatic heterocycles. The average Bonchev–Trinajstić information content (AvgIpc) is 2.92. The number of unbranched alkanes of at least 4 members (excludes halogenated alkanes) is 11. The second-order valence-corrected chi connectivity index (χ2v) is 9.53. The van der Waals surface area contributed by atoms with Gasteiger partial charge in [0, 0.05) is 13.0 Å². The second-order valence-electron chi connectivity index (χ2n) is 9.53. The Bertz CT molecular complexity index is 450. The Morgan fingerprint density at radius 1 is 0.368 bits per heavy atom. The van der Waals surface area contributed by atoms with Crippen molar-refractivity contribution < 1.29 is 38.0 Å². The van der Waals surface area contributed by atoms with Crippen LogP contribution < -0.4 is 0 Å². The third-order valence-electron chi connectivity index (χ3n) is 5.98. The molecule has 8 nitrogen and oxygen atoms in total. The van der Waals surface area contributed by atoms with Crippen molar-refractivity contribution in [1.82, 2.24) is 0 Å². The van der Waals surface area contributed by atoms with E-state index in [2.05, 4.69) is 13.8 Å². The maximum absolute atomic E-state index is 11.7. The van der Waals surface area contributed by atoms with Crippen LogP contribution in [0.2, 0.25) is 0 Å². The third-order valence-corrected chi connectivity index (χ3v) is 5.98. The Hall–Kier alpha value is -0.770. The molecule has 0 atom stereocenters. The SMILES string of the molecule is CCCCCCCCCC(=O)OCCOCCOCCOCCOCCOCCOCCCCCCCC. The summed E-state index contributed by atoms with van der Waals surface area (Å²) in [6.07, 6.45) is 16.6. The molecule has 0 amide bonds. The van der Waals surface area contributed by atoms with Gasteiger partial charge in [-0.25, -0.2) is 0 Å². The van der Waals surface area contributed by atoms with Crippen LogP contribution in [-0.2, 0) is 38.0 Å². The van der Waals surface area contributed by atoms with E-state index < -0.39 is 0 Å². The minimum atomic E-state index is -0.129. The summed E-state index contributed by atoms with van der Waals surface area (Å²) in [5.41, 5.74) is 0. The van der Waals surface area contributed by atoms with Gasteiger partial charge in [0.2, 0.25) is 0 Å². The zero-order chi connectivity index (χ0) is 27.6. The molecule has 228 valence electrons. The Balaban J connectivity index is 3.10. The molecule has 0 unspecified atom stereocenters. The van der Waals surface area contributed by atoms with Crippen LogP contribution in [0.15, 0.2) is 0 Å². The Morgan fingerprint density at radius 2 is 0.684 bits per heavy atom. The lowest BCUT2D eigenvalue weighted by atomic mass is 10.1. The Kier molecular flexibility index (Phi) is 33.6. The van der Waals surface area contributed by atoms with Crippen molar-refractivity contribution >= 4 is 5.97 Å². The largest absolute Gasteiger partial charge is 0.463 e. The van der Waals surface area contributed by atoms with E-state index >= 15 is 0 Å². The van der Waals surface area contributed by atoms with E-state index in [1.807, 2.05) is 0 Å². The predicted octanol–water partition coefficient (Wildman–Crippen LogP) is 6.13. The van der Waals surface area contributed by atoms with Gasteiger partial charge in [0.25, 0.3) is 0 Å². The summed E-state index contributed by atoms with van der Waals surface area (Å²) in [6, 6.07) is 0. The molecule has 8 heteroatoms. The van der Waals surface area contributed by atoms with Gasteiger partial charge in [-0.15, -0.1) is 0 Å². The van der Waals surface area contributed by atoms with Crippen molar-refractivity contribution in [3.63, 3.8) is 0 Å². The molecule has 0 rings (SSSR count). The highest BCUT2D eigenvalue weighted by Crippen LogP contribution is 2.09. The summed E-state index contributed by atoms with van der Waals surface area (Å²) >= 11 is 0. The molecular formula is C30H60O8. The fraction of sp³-hybridized carbons (Fsp3) is 0.967. The van der Waals surface area contributed by atoms with Gasteiger partial charge in [-0.2, -0.15) is 0 Å². The van der Waals surface area contributed by atoms with Crippen LogP contribution in [0.4, 0.5) is 0 Å². The molecule has 0 aromatic heterocycles. The van der Waals surface area contributed by atoms with Crippen LogP contribution in [0.1, 0.15) is 104 Å². The minimum absolute atomic E-state index is 0.129. The number of rotatable bonds is 33. The first-order valence-electron chi connectivity index (χ1n) is 15.4. The quantitative estimate of drug-likeness (QED) is 0.0716. The van der Waals surface area contributed by atoms with Crippen LogP contribution in [-0.4, -0.2) is 91.9 Å². The monoisotopic (exact) mass is 548 g/mol. The lowest BCUT2D eigenvalue weighted by Gasteiger charge is -2.08. The van der Waals surface area contributed by atoms with Crippen molar-refractivity contribution in [2.75, 3.05) is 85.9 Å². The van der Waals surface area contributed by atoms with Crippen LogP contribution in [0.25, 0.3) is 0 Å². The third kappa shape index (κ3) is 33.3. The van der Waals surface area contributed by atoms with E-state index in [0.29, 0.717) is 85.7 Å². The van der Waals surface area contributed by atoms with Gasteiger partial charge in [-0.05, 0) is 12.8 Å². The molecule has 0 aromatic rings. The molecule has 0 N–H and O–H groups in total. The number of ether oxygens (including phenoxy) is 7. The first kappa shape index (κ1) is 37.2. The number of carbonyl (C=O) groups excluding carboxylic acids is 1. The van der Waals surface area contributed by atoms with E-state index in [1.165, 1.54) is 64.2 Å². The molecule has 0 aliphatic rings. The second kappa shape index (κ2) is 34.3. The molecule has 0 aliphatic carbocycles. The van der Waals surface area contributed by atoms with Gasteiger partial charge >= 0.3 is 5.97 Å². The molecule has 38 heavy (non-hydrogen) atoms. The maximum Gasteiger partial charge on any atom is 0.305 e. The van der Waals surface area contributed by atoms with Crippen molar-refractivity contribution in [3.05, 3.63) is 0 Å². The lowest BCUT2D eigenvalue weighted by Crippen LogP contribution is -2.15. The van der Waals surface area contributed by atoms with Crippen LogP contribution in [0, 0.1) is 0 Å². The fourth-order valence-electron chi connectivity index (χ4n) is 3.70. The molecule has 0 spiro atoms. The number of hydrogen-bond acceptors (Lipinski definition) is 8. The number of esters is 1. The molecule has 0 bridgehead atoms. The van der Waals surface area contributed by atoms with E-state index in [1.54, 1.807) is 0 Å². The summed E-state index contributed by atoms with van der Waals surface area (Å²) in [5, 5.41) is 0. The standard InChI is InChI=1S/C30H60O8/c1-3-5-7-9-11-12-14-16-30(31)38-29-28-37-27-26-36-25-24-35-23-22-34-21-20-33-19-18-32-17-15-13-10-8-6-4-2/h3-29H2,1-2H3. The molecule has 0 heterocycles. The number of carbonyl (C=O) groups is 1. The zero-order valence-corrected chi connectivity index (χ0v) is 24.9. The maximum atomic E-state index is 11.7. The van der Waals surface area contributed by atoms with Gasteiger partial charge in [0.1, 0.15) is 6.61 Å². The van der Waals surface area contributed by atoms with Gasteiger partial charge < -0.3 is 33.2 Å². The van der Waals surface area contributed by atoms with Gasteiger partial charge in [-0.1, -0.05) is 84.5 Å². The van der Waals surface area contributed by atoms with Crippen molar-refractivity contribution in [2.24, 2.45) is 0 Å². The van der Waals surface area contributed by atoms with Gasteiger partial charge in [0.15, 0.2) is 0 Å². The summed E-state index contributed by atoms with van der Waals surface area (Å²) in [4.78, 5) is 11.7. The minimum Gasteiger partial charge on any atom is -0.463 e. The van der Waals surface area contributed by atoms with E-state index in [9.17, 15) is 4.79 Å². The highest BCUT2D eigenvalue weighted by Gasteiger charge is 2.02. The van der Waals surface area contributed by atoms with Gasteiger partial charge in [-0.3, -0.25) is 4.79 Å². The van der Waals surface area contributed by atoms with Gasteiger partial charge in [0.05, 0.1) is 72.7 Å². The molecule has 0 saturated heterocycles. The number of hydrogen-bond donors (Lipinski definition) is 0. The molecule has 0 saturated carbocycles.